The molecule has 2 fully saturated rings. The summed E-state index contributed by atoms with van der Waals surface area (Å²) in [6.45, 7) is 27.3. The van der Waals surface area contributed by atoms with Gasteiger partial charge in [-0.15, -0.1) is 0 Å². The van der Waals surface area contributed by atoms with Gasteiger partial charge in [-0.25, -0.2) is 9.59 Å². The topological polar surface area (TPSA) is 95.1 Å². The Morgan fingerprint density at radius 2 is 1.20 bits per heavy atom. The van der Waals surface area contributed by atoms with Gasteiger partial charge in [0.25, 0.3) is 0 Å². The molecule has 2 heterocycles. The lowest BCUT2D eigenvalue weighted by molar-refractivity contribution is -0.139. The van der Waals surface area contributed by atoms with Crippen LogP contribution in [0.15, 0.2) is 61.7 Å². The predicted molar refractivity (Wildman–Crippen MR) is 187 cm³/mol. The van der Waals surface area contributed by atoms with Gasteiger partial charge < -0.3 is 29.6 Å². The molecule has 2 N–H and O–H groups in total. The van der Waals surface area contributed by atoms with Gasteiger partial charge in [-0.2, -0.15) is 0 Å². The third-order valence-electron chi connectivity index (χ3n) is 8.51. The summed E-state index contributed by atoms with van der Waals surface area (Å²) < 4.78 is 21.2. The van der Waals surface area contributed by atoms with E-state index in [1.54, 1.807) is 0 Å². The highest BCUT2D eigenvalue weighted by Crippen LogP contribution is 2.32. The number of hydrogen-bond acceptors (Lipinski definition) is 6. The molecule has 2 aromatic carbocycles. The number of carbonyl (C=O) groups excluding carboxylic acids is 2. The molecular weight excluding hydrogens is 580 g/mol. The van der Waals surface area contributed by atoms with Crippen LogP contribution in [-0.4, -0.2) is 51.8 Å². The number of alkyl carbamates (subject to hydrolysis) is 2. The third-order valence-corrected chi connectivity index (χ3v) is 8.51. The van der Waals surface area contributed by atoms with E-state index in [4.69, 9.17) is 18.9 Å². The molecule has 0 saturated carbocycles. The molecule has 0 radical (unpaired) electrons. The molecular formula is C38H56N2O6. The Kier molecular flexibility index (Phi) is 13.2. The summed E-state index contributed by atoms with van der Waals surface area (Å²) in [5.74, 6) is 0. The maximum absolute atomic E-state index is 12.2. The Morgan fingerprint density at radius 1 is 0.783 bits per heavy atom. The van der Waals surface area contributed by atoms with Crippen LogP contribution in [0.25, 0.3) is 11.1 Å². The largest absolute Gasteiger partial charge is 0.449 e. The average Bonchev–Trinajstić information content (AvgIpc) is 2.95. The number of ether oxygens (including phenoxy) is 4. The van der Waals surface area contributed by atoms with Crippen molar-refractivity contribution < 1.29 is 28.5 Å². The van der Waals surface area contributed by atoms with Crippen LogP contribution in [0.4, 0.5) is 9.59 Å². The molecule has 0 aromatic heterocycles. The minimum atomic E-state index is -0.516. The lowest BCUT2D eigenvalue weighted by Gasteiger charge is -2.40. The monoisotopic (exact) mass is 636 g/mol. The van der Waals surface area contributed by atoms with Crippen LogP contribution in [0.1, 0.15) is 91.5 Å². The Hall–Kier alpha value is -3.62. The Bertz CT molecular complexity index is 1370. The Balaban J connectivity index is 0.000000314. The first-order valence-electron chi connectivity index (χ1n) is 15.6. The van der Waals surface area contributed by atoms with Crippen LogP contribution in [0.5, 0.6) is 0 Å². The van der Waals surface area contributed by atoms with Gasteiger partial charge in [0, 0.05) is 5.41 Å². The van der Waals surface area contributed by atoms with Gasteiger partial charge in [0.15, 0.2) is 0 Å². The van der Waals surface area contributed by atoms with E-state index < -0.39 is 23.3 Å². The second kappa shape index (κ2) is 15.8. The van der Waals surface area contributed by atoms with E-state index in [1.165, 1.54) is 0 Å². The van der Waals surface area contributed by atoms with Crippen molar-refractivity contribution in [3.05, 3.63) is 83.9 Å². The molecule has 0 unspecified atom stereocenters. The third kappa shape index (κ3) is 10.5. The fourth-order valence-corrected chi connectivity index (χ4v) is 4.85. The fourth-order valence-electron chi connectivity index (χ4n) is 4.85. The van der Waals surface area contributed by atoms with E-state index in [-0.39, 0.29) is 18.3 Å². The summed E-state index contributed by atoms with van der Waals surface area (Å²) in [7, 11) is 0. The van der Waals surface area contributed by atoms with Crippen LogP contribution >= 0.6 is 0 Å². The summed E-state index contributed by atoms with van der Waals surface area (Å²) in [6.07, 6.45) is 0.152. The highest BCUT2D eigenvalue weighted by Gasteiger charge is 2.39. The molecule has 0 atom stereocenters. The number of nitrogens with one attached hydrogen (secondary N) is 2. The van der Waals surface area contributed by atoms with E-state index >= 15 is 0 Å². The zero-order chi connectivity index (χ0) is 33.5. The van der Waals surface area contributed by atoms with Gasteiger partial charge >= 0.3 is 12.2 Å². The van der Waals surface area contributed by atoms with E-state index in [9.17, 15) is 9.59 Å². The summed E-state index contributed by atoms with van der Waals surface area (Å²) >= 11 is 0. The van der Waals surface area contributed by atoms with Crippen molar-refractivity contribution >= 4 is 23.3 Å². The first-order chi connectivity index (χ1) is 21.0. The summed E-state index contributed by atoms with van der Waals surface area (Å²) in [5.41, 5.74) is 5.11. The van der Waals surface area contributed by atoms with Crippen LogP contribution in [0.2, 0.25) is 0 Å². The zero-order valence-electron chi connectivity index (χ0n) is 28.4. The molecule has 2 amide bonds. The summed E-state index contributed by atoms with van der Waals surface area (Å²) in [4.78, 5) is 24.2. The number of rotatable bonds is 11. The maximum atomic E-state index is 12.2. The molecule has 0 bridgehead atoms. The number of benzene rings is 2. The van der Waals surface area contributed by atoms with E-state index in [2.05, 4.69) is 36.8 Å². The van der Waals surface area contributed by atoms with Crippen molar-refractivity contribution in [2.24, 2.45) is 10.8 Å². The molecule has 0 spiro atoms. The normalized spacial score (nSPS) is 16.1. The fraction of sp³-hybridized carbons (Fsp3) is 0.526. The second-order valence-electron chi connectivity index (χ2n) is 14.0. The smallest absolute Gasteiger partial charge is 0.407 e. The Labute approximate surface area is 276 Å². The van der Waals surface area contributed by atoms with Gasteiger partial charge in [-0.1, -0.05) is 82.0 Å². The van der Waals surface area contributed by atoms with Gasteiger partial charge in [0.1, 0.15) is 13.2 Å². The molecule has 2 aliphatic heterocycles. The standard InChI is InChI=1S/C19H27NO3.C18H25NO3.CH4/c1-6-19(11-22-12-19)13-23-17(21)20-18(4,5)16-9-7-8-15(10-16)14(2)3;1-13(2)14-7-6-8-15(9-14)17(3,4)19-16(20)22-12-18(5)10-21-11-18;/h7-10H,2,6,11-13H2,1,3-5H3,(H,20,21);6-9H,1,10-12H2,2-5H3,(H,19,20);1H4. The van der Waals surface area contributed by atoms with Gasteiger partial charge in [-0.05, 0) is 82.3 Å². The van der Waals surface area contributed by atoms with Crippen LogP contribution in [0.3, 0.4) is 0 Å². The number of amides is 2. The SMILES string of the molecule is C.C=C(C)c1cccc(C(C)(C)NC(=O)OCC2(C)COC2)c1.C=C(C)c1cccc(C(C)(C)NC(=O)OCC2(CC)COC2)c1. The molecule has 4 rings (SSSR count). The minimum absolute atomic E-state index is 0. The van der Waals surface area contributed by atoms with Gasteiger partial charge in [-0.3, -0.25) is 0 Å². The molecule has 46 heavy (non-hydrogen) atoms. The molecule has 0 aliphatic carbocycles. The summed E-state index contributed by atoms with van der Waals surface area (Å²) in [6, 6.07) is 16.1. The van der Waals surface area contributed by atoms with Crippen LogP contribution < -0.4 is 10.6 Å². The first kappa shape index (κ1) is 38.6. The van der Waals surface area contributed by atoms with Crippen molar-refractivity contribution in [1.82, 2.24) is 10.6 Å². The van der Waals surface area contributed by atoms with Crippen LogP contribution in [0, 0.1) is 10.8 Å². The molecule has 2 aromatic rings. The van der Waals surface area contributed by atoms with Crippen molar-refractivity contribution in [2.45, 2.75) is 80.3 Å². The quantitative estimate of drug-likeness (QED) is 0.257. The molecule has 254 valence electrons. The van der Waals surface area contributed by atoms with Crippen molar-refractivity contribution in [1.29, 1.82) is 0 Å². The second-order valence-corrected chi connectivity index (χ2v) is 14.0. The molecule has 2 saturated heterocycles. The lowest BCUT2D eigenvalue weighted by Crippen LogP contribution is -2.48. The molecule has 2 aliphatic rings. The van der Waals surface area contributed by atoms with Crippen molar-refractivity contribution in [2.75, 3.05) is 39.6 Å². The predicted octanol–water partition coefficient (Wildman–Crippen LogP) is 8.46. The lowest BCUT2D eigenvalue weighted by atomic mass is 9.84. The van der Waals surface area contributed by atoms with Crippen molar-refractivity contribution in [3.8, 4) is 0 Å². The van der Waals surface area contributed by atoms with E-state index in [0.717, 1.165) is 39.8 Å². The number of hydrogen-bond donors (Lipinski definition) is 2. The molecule has 8 nitrogen and oxygen atoms in total. The van der Waals surface area contributed by atoms with Gasteiger partial charge in [0.05, 0.1) is 42.9 Å². The maximum Gasteiger partial charge on any atom is 0.407 e. The van der Waals surface area contributed by atoms with Crippen molar-refractivity contribution in [3.63, 3.8) is 0 Å². The zero-order valence-corrected chi connectivity index (χ0v) is 28.4. The first-order valence-corrected chi connectivity index (χ1v) is 15.6. The highest BCUT2D eigenvalue weighted by molar-refractivity contribution is 5.70. The van der Waals surface area contributed by atoms with Crippen LogP contribution in [-0.2, 0) is 30.0 Å². The summed E-state index contributed by atoms with van der Waals surface area (Å²) in [5, 5.41) is 5.88. The highest BCUT2D eigenvalue weighted by atomic mass is 16.6. The minimum Gasteiger partial charge on any atom is -0.449 e. The van der Waals surface area contributed by atoms with Gasteiger partial charge in [0.2, 0.25) is 0 Å². The number of carbonyl (C=O) groups is 2. The molecule has 8 heteroatoms. The Morgan fingerprint density at radius 3 is 1.52 bits per heavy atom. The average molecular weight is 637 g/mol. The number of allylic oxidation sites excluding steroid dienone is 2. The van der Waals surface area contributed by atoms with E-state index in [0.29, 0.717) is 39.6 Å². The van der Waals surface area contributed by atoms with E-state index in [1.807, 2.05) is 90.9 Å².